The van der Waals surface area contributed by atoms with Gasteiger partial charge in [0, 0.05) is 19.5 Å². The fourth-order valence-corrected chi connectivity index (χ4v) is 0.632. The quantitative estimate of drug-likeness (QED) is 0.518. The molecule has 0 spiro atoms. The second kappa shape index (κ2) is 2.48. The molecule has 0 bridgehead atoms. The van der Waals surface area contributed by atoms with E-state index in [9.17, 15) is 4.21 Å². The van der Waals surface area contributed by atoms with Gasteiger partial charge < -0.3 is 4.55 Å². The molecule has 0 saturated carbocycles. The predicted molar refractivity (Wildman–Crippen MR) is 36.2 cm³/mol. The summed E-state index contributed by atoms with van der Waals surface area (Å²) in [6.45, 7) is 1.56. The van der Waals surface area contributed by atoms with Gasteiger partial charge in [-0.05, 0) is 6.92 Å². The van der Waals surface area contributed by atoms with Crippen LogP contribution in [-0.4, -0.2) is 32.5 Å². The van der Waals surface area contributed by atoms with Crippen molar-refractivity contribution in [3.8, 4) is 0 Å². The first-order valence-electron chi connectivity index (χ1n) is 2.24. The van der Waals surface area contributed by atoms with Gasteiger partial charge in [0.2, 0.25) is 0 Å². The summed E-state index contributed by atoms with van der Waals surface area (Å²) in [6.07, 6.45) is 0. The lowest BCUT2D eigenvalue weighted by Gasteiger charge is -2.09. The number of rotatable bonds is 1. The van der Waals surface area contributed by atoms with E-state index in [1.165, 1.54) is 9.67 Å². The van der Waals surface area contributed by atoms with E-state index in [0.717, 1.165) is 0 Å². The van der Waals surface area contributed by atoms with Crippen LogP contribution in [0.15, 0.2) is 0 Å². The molecule has 3 nitrogen and oxygen atoms in total. The van der Waals surface area contributed by atoms with Gasteiger partial charge in [0.15, 0.2) is 0 Å². The maximum Gasteiger partial charge on any atom is 0.143 e. The molecule has 0 aromatic heterocycles. The molecular formula is C4H11NO2S. The van der Waals surface area contributed by atoms with Crippen LogP contribution < -0.4 is 0 Å². The molecular weight excluding hydrogens is 126 g/mol. The van der Waals surface area contributed by atoms with Gasteiger partial charge in [0.1, 0.15) is 9.99 Å². The topological polar surface area (TPSA) is 40.5 Å². The van der Waals surface area contributed by atoms with Crippen LogP contribution in [0.1, 0.15) is 6.92 Å². The zero-order valence-corrected chi connectivity index (χ0v) is 6.10. The number of hydrogen-bond donors (Lipinski definition) is 1. The molecule has 0 aliphatic carbocycles. The molecule has 8 heavy (non-hydrogen) atoms. The molecule has 0 heterocycles. The van der Waals surface area contributed by atoms with Gasteiger partial charge in [-0.2, -0.15) is 0 Å². The van der Waals surface area contributed by atoms with E-state index in [0.29, 0.717) is 0 Å². The van der Waals surface area contributed by atoms with Gasteiger partial charge in [-0.15, -0.1) is 0 Å². The fourth-order valence-electron chi connectivity index (χ4n) is 0.211. The van der Waals surface area contributed by atoms with E-state index in [1.807, 2.05) is 0 Å². The summed E-state index contributed by atoms with van der Waals surface area (Å²) in [7, 11) is 0.338. The summed E-state index contributed by atoms with van der Waals surface area (Å²) in [4.78, 5) is 0. The Kier molecular flexibility index (Phi) is 2.46. The van der Waals surface area contributed by atoms with Gasteiger partial charge in [0.25, 0.3) is 0 Å². The van der Waals surface area contributed by atoms with Crippen LogP contribution in [0.5, 0.6) is 0 Å². The van der Waals surface area contributed by atoms with E-state index in [1.54, 1.807) is 21.0 Å². The highest BCUT2D eigenvalue weighted by molar-refractivity contribution is 7.93. The van der Waals surface area contributed by atoms with Crippen LogP contribution in [0.4, 0.5) is 0 Å². The first-order chi connectivity index (χ1) is 3.50. The van der Waals surface area contributed by atoms with Crippen LogP contribution in [0.2, 0.25) is 0 Å². The zero-order valence-electron chi connectivity index (χ0n) is 5.29. The Morgan fingerprint density at radius 1 is 1.62 bits per heavy atom. The average Bonchev–Trinajstić information content (AvgIpc) is 1.67. The van der Waals surface area contributed by atoms with E-state index in [2.05, 4.69) is 0 Å². The second-order valence-electron chi connectivity index (χ2n) is 1.59. The summed E-state index contributed by atoms with van der Waals surface area (Å²) in [5.41, 5.74) is 0. The smallest absolute Gasteiger partial charge is 0.143 e. The van der Waals surface area contributed by atoms with E-state index >= 15 is 0 Å². The molecule has 50 valence electrons. The van der Waals surface area contributed by atoms with Crippen molar-refractivity contribution in [3.05, 3.63) is 0 Å². The van der Waals surface area contributed by atoms with Crippen molar-refractivity contribution in [3.63, 3.8) is 0 Å². The van der Waals surface area contributed by atoms with Crippen LogP contribution in [0, 0.1) is 0 Å². The van der Waals surface area contributed by atoms with E-state index in [4.69, 9.17) is 4.55 Å². The zero-order chi connectivity index (χ0) is 6.78. The molecule has 0 rings (SSSR count). The van der Waals surface area contributed by atoms with Crippen molar-refractivity contribution in [2.24, 2.45) is 0 Å². The second-order valence-corrected chi connectivity index (χ2v) is 3.86. The predicted octanol–water partition coefficient (Wildman–Crippen LogP) is 0.0425. The Morgan fingerprint density at radius 3 is 2.00 bits per heavy atom. The first kappa shape index (κ1) is 7.94. The number of nitrogens with zero attached hydrogens (tertiary/aromatic N) is 1. The summed E-state index contributed by atoms with van der Waals surface area (Å²) >= 11 is 0. The van der Waals surface area contributed by atoms with Crippen molar-refractivity contribution in [2.45, 2.75) is 6.92 Å². The number of hydrogen-bond acceptors (Lipinski definition) is 1. The molecule has 1 N–H and O–H groups in total. The van der Waals surface area contributed by atoms with Crippen molar-refractivity contribution >= 4 is 15.4 Å². The molecule has 0 aromatic rings. The van der Waals surface area contributed by atoms with Crippen LogP contribution >= 0.6 is 0 Å². The van der Waals surface area contributed by atoms with E-state index in [-0.39, 0.29) is 0 Å². The third-order valence-electron chi connectivity index (χ3n) is 0.830. The van der Waals surface area contributed by atoms with Gasteiger partial charge >= 0.3 is 0 Å². The van der Waals surface area contributed by atoms with Crippen LogP contribution in [0.3, 0.4) is 0 Å². The summed E-state index contributed by atoms with van der Waals surface area (Å²) < 4.78 is 20.7. The first-order valence-corrected chi connectivity index (χ1v) is 3.77. The summed E-state index contributed by atoms with van der Waals surface area (Å²) in [5.74, 6) is 0. The molecule has 0 saturated heterocycles. The van der Waals surface area contributed by atoms with Crippen molar-refractivity contribution in [1.82, 2.24) is 4.31 Å². The molecule has 0 radical (unpaired) electrons. The normalized spacial score (nSPS) is 18.1. The molecule has 1 unspecified atom stereocenters. The maximum atomic E-state index is 10.7. The Labute approximate surface area is 50.3 Å². The summed E-state index contributed by atoms with van der Waals surface area (Å²) in [6, 6.07) is 0. The third kappa shape index (κ3) is 1.81. The minimum atomic E-state index is -2.78. The lowest BCUT2D eigenvalue weighted by Crippen LogP contribution is -2.22. The van der Waals surface area contributed by atoms with Crippen molar-refractivity contribution in [2.75, 3.05) is 14.1 Å². The molecule has 0 amide bonds. The van der Waals surface area contributed by atoms with Crippen molar-refractivity contribution < 1.29 is 8.76 Å². The Morgan fingerprint density at radius 2 is 2.00 bits per heavy atom. The van der Waals surface area contributed by atoms with E-state index < -0.39 is 9.99 Å². The largest absolute Gasteiger partial charge is 0.302 e. The van der Waals surface area contributed by atoms with Crippen molar-refractivity contribution in [1.29, 1.82) is 0 Å². The minimum Gasteiger partial charge on any atom is -0.302 e. The standard InChI is InChI=1S/C4H11NO2S/c1-4-8(6,7)5(2)3/h4H,1-3H3,(H,6,7). The average molecular weight is 137 g/mol. The lowest BCUT2D eigenvalue weighted by molar-refractivity contribution is 0.485. The maximum absolute atomic E-state index is 10.7. The molecule has 4 heteroatoms. The summed E-state index contributed by atoms with van der Waals surface area (Å²) in [5, 5.41) is 1.27. The van der Waals surface area contributed by atoms with Crippen LogP contribution in [-0.2, 0) is 9.99 Å². The van der Waals surface area contributed by atoms with Gasteiger partial charge in [-0.1, -0.05) is 0 Å². The van der Waals surface area contributed by atoms with Gasteiger partial charge in [-0.25, -0.2) is 8.51 Å². The SMILES string of the molecule is CC=S(=O)(O)N(C)C. The monoisotopic (exact) mass is 137 g/mol. The highest BCUT2D eigenvalue weighted by Gasteiger charge is 1.99. The lowest BCUT2D eigenvalue weighted by atomic mass is 11.0. The van der Waals surface area contributed by atoms with Gasteiger partial charge in [0.05, 0.1) is 0 Å². The van der Waals surface area contributed by atoms with Gasteiger partial charge in [-0.3, -0.25) is 0 Å². The minimum absolute atomic E-state index is 1.27. The van der Waals surface area contributed by atoms with Crippen LogP contribution in [0.25, 0.3) is 0 Å². The molecule has 1 atom stereocenters. The molecule has 0 aliphatic heterocycles. The molecule has 0 fully saturated rings. The third-order valence-corrected chi connectivity index (χ3v) is 2.49. The highest BCUT2D eigenvalue weighted by Crippen LogP contribution is 1.86. The molecule has 0 aromatic carbocycles. The highest BCUT2D eigenvalue weighted by atomic mass is 32.2. The fraction of sp³-hybridized carbons (Fsp3) is 0.750. The molecule has 0 aliphatic rings. The Hall–Kier alpha value is -0.0600. The Balaban J connectivity index is 4.42. The Bertz CT molecular complexity index is 167.